The summed E-state index contributed by atoms with van der Waals surface area (Å²) in [4.78, 5) is 24.4. The van der Waals surface area contributed by atoms with E-state index in [1.54, 1.807) is 30.6 Å². The van der Waals surface area contributed by atoms with Crippen molar-refractivity contribution in [3.05, 3.63) is 58.5 Å². The second-order valence-electron chi connectivity index (χ2n) is 5.84. The molecule has 6 heteroatoms. The number of rotatable bonds is 3. The summed E-state index contributed by atoms with van der Waals surface area (Å²) in [6.45, 7) is 2.05. The van der Waals surface area contributed by atoms with Crippen LogP contribution in [0.1, 0.15) is 21.1 Å². The fourth-order valence-electron chi connectivity index (χ4n) is 2.92. The molecular formula is C18H18N4OS. The number of aromatic nitrogens is 2. The number of amides is 1. The maximum absolute atomic E-state index is 11.6. The average molecular weight is 338 g/mol. The van der Waals surface area contributed by atoms with Crippen LogP contribution < -0.4 is 5.32 Å². The van der Waals surface area contributed by atoms with Crippen LogP contribution in [0, 0.1) is 0 Å². The molecule has 1 N–H and O–H groups in total. The monoisotopic (exact) mass is 338 g/mol. The summed E-state index contributed by atoms with van der Waals surface area (Å²) < 4.78 is 0. The fourth-order valence-corrected chi connectivity index (χ4v) is 4.01. The summed E-state index contributed by atoms with van der Waals surface area (Å²) in [7, 11) is 1.61. The molecule has 0 fully saturated rings. The summed E-state index contributed by atoms with van der Waals surface area (Å²) >= 11 is 1.75. The first kappa shape index (κ1) is 15.1. The van der Waals surface area contributed by atoms with E-state index in [2.05, 4.69) is 33.4 Å². The first-order valence-corrected chi connectivity index (χ1v) is 8.86. The molecule has 0 bridgehead atoms. The second-order valence-corrected chi connectivity index (χ2v) is 6.92. The second kappa shape index (κ2) is 6.20. The van der Waals surface area contributed by atoms with Gasteiger partial charge in [-0.05, 0) is 24.3 Å². The Morgan fingerprint density at radius 2 is 2.12 bits per heavy atom. The molecule has 1 aliphatic carbocycles. The molecule has 2 aromatic rings. The van der Waals surface area contributed by atoms with Crippen LogP contribution in [0.4, 0.5) is 0 Å². The van der Waals surface area contributed by atoms with Gasteiger partial charge in [0.05, 0.1) is 5.69 Å². The number of thiazole rings is 1. The first-order valence-electron chi connectivity index (χ1n) is 8.05. The third-order valence-corrected chi connectivity index (χ3v) is 5.58. The van der Waals surface area contributed by atoms with E-state index in [-0.39, 0.29) is 5.91 Å². The van der Waals surface area contributed by atoms with Gasteiger partial charge in [0.25, 0.3) is 5.91 Å². The van der Waals surface area contributed by atoms with E-state index in [1.165, 1.54) is 16.3 Å². The molecule has 24 heavy (non-hydrogen) atoms. The Bertz CT molecular complexity index is 810. The maximum atomic E-state index is 11.6. The molecule has 3 heterocycles. The smallest absolute Gasteiger partial charge is 0.269 e. The number of nitrogens with one attached hydrogen (secondary N) is 1. The Kier molecular flexibility index (Phi) is 3.90. The van der Waals surface area contributed by atoms with Crippen molar-refractivity contribution < 1.29 is 4.79 Å². The lowest BCUT2D eigenvalue weighted by Gasteiger charge is -2.26. The molecule has 0 unspecified atom stereocenters. The van der Waals surface area contributed by atoms with Gasteiger partial charge >= 0.3 is 0 Å². The standard InChI is InChI=1S/C18H18N4OS/c1-19-17(23)15-6-5-12(11-20-15)18-21-14-7-9-22(13-3-2-4-13)10-8-16(14)24-18/h2-6,11H,7-10H2,1H3,(H,19,23). The van der Waals surface area contributed by atoms with E-state index >= 15 is 0 Å². The normalized spacial score (nSPS) is 16.0. The van der Waals surface area contributed by atoms with Crippen LogP contribution in [0.5, 0.6) is 0 Å². The zero-order valence-electron chi connectivity index (χ0n) is 13.5. The fraction of sp³-hybridized carbons (Fsp3) is 0.278. The van der Waals surface area contributed by atoms with Crippen molar-refractivity contribution in [2.45, 2.75) is 12.8 Å². The lowest BCUT2D eigenvalue weighted by Crippen LogP contribution is -2.26. The van der Waals surface area contributed by atoms with E-state index in [4.69, 9.17) is 4.98 Å². The van der Waals surface area contributed by atoms with Crippen LogP contribution in [0.2, 0.25) is 0 Å². The summed E-state index contributed by atoms with van der Waals surface area (Å²) in [6.07, 6.45) is 10.2. The van der Waals surface area contributed by atoms with E-state index in [0.717, 1.165) is 36.5 Å². The predicted octanol–water partition coefficient (Wildman–Crippen LogP) is 2.42. The molecule has 0 spiro atoms. The van der Waals surface area contributed by atoms with Crippen LogP contribution in [0.3, 0.4) is 0 Å². The van der Waals surface area contributed by atoms with E-state index in [0.29, 0.717) is 5.69 Å². The molecule has 0 saturated carbocycles. The molecular weight excluding hydrogens is 320 g/mol. The number of pyridine rings is 1. The van der Waals surface area contributed by atoms with E-state index in [1.807, 2.05) is 6.07 Å². The molecule has 4 rings (SSSR count). The minimum Gasteiger partial charge on any atom is -0.371 e. The molecule has 0 aromatic carbocycles. The van der Waals surface area contributed by atoms with Gasteiger partial charge in [0.15, 0.2) is 0 Å². The molecule has 5 nitrogen and oxygen atoms in total. The van der Waals surface area contributed by atoms with Gasteiger partial charge in [-0.25, -0.2) is 4.98 Å². The third-order valence-electron chi connectivity index (χ3n) is 4.37. The lowest BCUT2D eigenvalue weighted by molar-refractivity contribution is 0.0958. The maximum Gasteiger partial charge on any atom is 0.269 e. The summed E-state index contributed by atoms with van der Waals surface area (Å²) in [6, 6.07) is 3.67. The Hall–Kier alpha value is -2.47. The molecule has 0 radical (unpaired) electrons. The SMILES string of the molecule is CNC(=O)c1ccc(-c2nc3c(s2)CCN(C2=CC=C2)CC3)cn1. The van der Waals surface area contributed by atoms with Gasteiger partial charge < -0.3 is 10.2 Å². The minimum atomic E-state index is -0.170. The quantitative estimate of drug-likeness (QED) is 0.934. The summed E-state index contributed by atoms with van der Waals surface area (Å²) in [5.74, 6) is -0.170. The molecule has 0 atom stereocenters. The highest BCUT2D eigenvalue weighted by Gasteiger charge is 2.20. The van der Waals surface area contributed by atoms with Gasteiger partial charge in [-0.2, -0.15) is 0 Å². The van der Waals surface area contributed by atoms with Crippen molar-refractivity contribution in [3.63, 3.8) is 0 Å². The molecule has 1 aliphatic heterocycles. The number of carbonyl (C=O) groups excluding carboxylic acids is 1. The summed E-state index contributed by atoms with van der Waals surface area (Å²) in [5.41, 5.74) is 3.94. The zero-order valence-corrected chi connectivity index (χ0v) is 14.3. The van der Waals surface area contributed by atoms with Gasteiger partial charge in [-0.15, -0.1) is 11.3 Å². The zero-order chi connectivity index (χ0) is 16.5. The number of allylic oxidation sites excluding steroid dienone is 3. The van der Waals surface area contributed by atoms with Crippen molar-refractivity contribution in [2.24, 2.45) is 0 Å². The largest absolute Gasteiger partial charge is 0.371 e. The third kappa shape index (κ3) is 2.73. The molecule has 0 saturated heterocycles. The number of nitrogens with zero attached hydrogens (tertiary/aromatic N) is 3. The Labute approximate surface area is 144 Å². The van der Waals surface area contributed by atoms with Crippen LogP contribution in [-0.4, -0.2) is 40.9 Å². The van der Waals surface area contributed by atoms with Gasteiger partial charge in [0.1, 0.15) is 10.7 Å². The average Bonchev–Trinajstić information content (AvgIpc) is 2.89. The lowest BCUT2D eigenvalue weighted by atomic mass is 10.2. The van der Waals surface area contributed by atoms with Crippen LogP contribution in [0.25, 0.3) is 10.6 Å². The van der Waals surface area contributed by atoms with Gasteiger partial charge in [-0.1, -0.05) is 6.08 Å². The number of hydrogen-bond donors (Lipinski definition) is 1. The Balaban J connectivity index is 1.52. The Morgan fingerprint density at radius 3 is 2.79 bits per heavy atom. The van der Waals surface area contributed by atoms with Crippen LogP contribution in [0.15, 0.2) is 42.3 Å². The van der Waals surface area contributed by atoms with Crippen LogP contribution in [-0.2, 0) is 12.8 Å². The topological polar surface area (TPSA) is 58.1 Å². The first-order chi connectivity index (χ1) is 11.7. The number of hydrogen-bond acceptors (Lipinski definition) is 5. The van der Waals surface area contributed by atoms with Crippen LogP contribution >= 0.6 is 11.3 Å². The van der Waals surface area contributed by atoms with Crippen molar-refractivity contribution >= 4 is 17.2 Å². The predicted molar refractivity (Wildman–Crippen MR) is 94.9 cm³/mol. The van der Waals surface area contributed by atoms with Crippen molar-refractivity contribution in [2.75, 3.05) is 20.1 Å². The van der Waals surface area contributed by atoms with E-state index < -0.39 is 0 Å². The minimum absolute atomic E-state index is 0.170. The highest BCUT2D eigenvalue weighted by atomic mass is 32.1. The van der Waals surface area contributed by atoms with Gasteiger partial charge in [-0.3, -0.25) is 9.78 Å². The van der Waals surface area contributed by atoms with Gasteiger partial charge in [0, 0.05) is 55.3 Å². The number of fused-ring (bicyclic) bond motifs is 1. The summed E-state index contributed by atoms with van der Waals surface area (Å²) in [5, 5.41) is 3.57. The van der Waals surface area contributed by atoms with Gasteiger partial charge in [0.2, 0.25) is 0 Å². The van der Waals surface area contributed by atoms with Crippen molar-refractivity contribution in [3.8, 4) is 10.6 Å². The molecule has 1 amide bonds. The molecule has 2 aliphatic rings. The number of carbonyl (C=O) groups is 1. The highest BCUT2D eigenvalue weighted by Crippen LogP contribution is 2.31. The molecule has 122 valence electrons. The van der Waals surface area contributed by atoms with E-state index in [9.17, 15) is 4.79 Å². The molecule has 2 aromatic heterocycles. The highest BCUT2D eigenvalue weighted by molar-refractivity contribution is 7.15. The van der Waals surface area contributed by atoms with Crippen molar-refractivity contribution in [1.82, 2.24) is 20.2 Å². The van der Waals surface area contributed by atoms with Crippen molar-refractivity contribution in [1.29, 1.82) is 0 Å². The Morgan fingerprint density at radius 1 is 1.29 bits per heavy atom.